The van der Waals surface area contributed by atoms with Crippen LogP contribution in [0, 0.1) is 13.8 Å². The molecule has 0 aliphatic heterocycles. The Morgan fingerprint density at radius 1 is 0.615 bits per heavy atom. The van der Waals surface area contributed by atoms with Crippen LogP contribution in [0.2, 0.25) is 0 Å². The van der Waals surface area contributed by atoms with Crippen LogP contribution in [-0.2, 0) is 23.8 Å². The lowest BCUT2D eigenvalue weighted by molar-refractivity contribution is 0.00266. The van der Waals surface area contributed by atoms with E-state index in [0.29, 0.717) is 13.2 Å². The van der Waals surface area contributed by atoms with Gasteiger partial charge in [-0.25, -0.2) is 0 Å². The third-order valence-electron chi connectivity index (χ3n) is 6.57. The van der Waals surface area contributed by atoms with Crippen molar-refractivity contribution in [1.82, 2.24) is 0 Å². The molecular formula is C33H36O5S. The lowest BCUT2D eigenvalue weighted by atomic mass is 9.94. The summed E-state index contributed by atoms with van der Waals surface area (Å²) in [6, 6.07) is 30.3. The van der Waals surface area contributed by atoms with E-state index in [2.05, 4.69) is 80.6 Å². The molecule has 0 aromatic heterocycles. The number of rotatable bonds is 12. The molecule has 0 heterocycles. The molecule has 0 unspecified atom stereocenters. The van der Waals surface area contributed by atoms with E-state index >= 15 is 0 Å². The minimum absolute atomic E-state index is 0.102. The van der Waals surface area contributed by atoms with Crippen molar-refractivity contribution in [2.24, 2.45) is 0 Å². The molecule has 0 atom stereocenters. The average Bonchev–Trinajstić information content (AvgIpc) is 2.95. The maximum atomic E-state index is 12.9. The number of ether oxygens (including phenoxy) is 2. The van der Waals surface area contributed by atoms with Crippen molar-refractivity contribution in [3.05, 3.63) is 102 Å². The van der Waals surface area contributed by atoms with E-state index in [1.165, 1.54) is 16.7 Å². The van der Waals surface area contributed by atoms with Gasteiger partial charge in [-0.1, -0.05) is 78.4 Å². The topological polar surface area (TPSA) is 61.8 Å². The summed E-state index contributed by atoms with van der Waals surface area (Å²) in [6.45, 7) is 9.07. The fourth-order valence-electron chi connectivity index (χ4n) is 4.35. The zero-order valence-electron chi connectivity index (χ0n) is 23.0. The largest absolute Gasteiger partial charge is 0.379 e. The molecule has 6 heteroatoms. The molecular weight excluding hydrogens is 508 g/mol. The van der Waals surface area contributed by atoms with Crippen LogP contribution in [0.5, 0.6) is 0 Å². The third-order valence-corrected chi connectivity index (χ3v) is 7.95. The zero-order valence-corrected chi connectivity index (χ0v) is 23.8. The quantitative estimate of drug-likeness (QED) is 0.173. The predicted octanol–water partition coefficient (Wildman–Crippen LogP) is 7.45. The summed E-state index contributed by atoms with van der Waals surface area (Å²) in [5.74, 6) is 0. The first-order valence-electron chi connectivity index (χ1n) is 13.3. The average molecular weight is 545 g/mol. The monoisotopic (exact) mass is 544 g/mol. The Bertz CT molecular complexity index is 1450. The van der Waals surface area contributed by atoms with Gasteiger partial charge in [-0.3, -0.25) is 4.18 Å². The van der Waals surface area contributed by atoms with E-state index in [0.717, 1.165) is 27.8 Å². The van der Waals surface area contributed by atoms with E-state index in [-0.39, 0.29) is 18.1 Å². The van der Waals surface area contributed by atoms with E-state index in [4.69, 9.17) is 13.7 Å². The summed E-state index contributed by atoms with van der Waals surface area (Å²) < 4.78 is 42.1. The maximum absolute atomic E-state index is 12.9. The van der Waals surface area contributed by atoms with Gasteiger partial charge in [0.2, 0.25) is 0 Å². The molecule has 0 fully saturated rings. The molecule has 0 radical (unpaired) electrons. The number of hydrogen-bond donors (Lipinski definition) is 0. The number of benzene rings is 4. The van der Waals surface area contributed by atoms with Crippen molar-refractivity contribution in [2.45, 2.75) is 38.7 Å². The Kier molecular flexibility index (Phi) is 9.70. The molecule has 0 saturated heterocycles. The van der Waals surface area contributed by atoms with Crippen LogP contribution < -0.4 is 0 Å². The third kappa shape index (κ3) is 7.43. The Hall–Kier alpha value is -3.29. The summed E-state index contributed by atoms with van der Waals surface area (Å²) in [7, 11) is -3.97. The van der Waals surface area contributed by atoms with Gasteiger partial charge in [0, 0.05) is 13.2 Å². The fraction of sp³-hybridized carbons (Fsp3) is 0.273. The molecule has 5 nitrogen and oxygen atoms in total. The van der Waals surface area contributed by atoms with E-state index in [1.807, 2.05) is 26.0 Å². The normalized spacial score (nSPS) is 11.7. The molecule has 0 bridgehead atoms. The molecule has 4 aromatic rings. The summed E-state index contributed by atoms with van der Waals surface area (Å²) in [6.07, 6.45) is -0.703. The first-order chi connectivity index (χ1) is 18.8. The smallest absolute Gasteiger partial charge is 0.297 e. The van der Waals surface area contributed by atoms with Crippen molar-refractivity contribution < 1.29 is 22.1 Å². The van der Waals surface area contributed by atoms with Gasteiger partial charge in [0.1, 0.15) is 6.10 Å². The molecule has 0 aliphatic carbocycles. The second-order valence-electron chi connectivity index (χ2n) is 9.49. The first-order valence-corrected chi connectivity index (χ1v) is 14.7. The van der Waals surface area contributed by atoms with Crippen molar-refractivity contribution in [3.63, 3.8) is 0 Å². The van der Waals surface area contributed by atoms with Crippen LogP contribution >= 0.6 is 0 Å². The van der Waals surface area contributed by atoms with Gasteiger partial charge in [0.05, 0.1) is 18.1 Å². The van der Waals surface area contributed by atoms with E-state index in [9.17, 15) is 8.42 Å². The molecule has 204 valence electrons. The summed E-state index contributed by atoms with van der Waals surface area (Å²) in [5, 5.41) is 0. The Balaban J connectivity index is 1.54. The highest BCUT2D eigenvalue weighted by atomic mass is 32.2. The molecule has 0 spiro atoms. The van der Waals surface area contributed by atoms with Crippen molar-refractivity contribution in [1.29, 1.82) is 0 Å². The highest BCUT2D eigenvalue weighted by Crippen LogP contribution is 2.31. The zero-order chi connectivity index (χ0) is 27.8. The maximum Gasteiger partial charge on any atom is 0.297 e. The van der Waals surface area contributed by atoms with Crippen LogP contribution in [-0.4, -0.2) is 40.9 Å². The second kappa shape index (κ2) is 13.2. The molecule has 4 rings (SSSR count). The minimum atomic E-state index is -3.97. The second-order valence-corrected chi connectivity index (χ2v) is 11.1. The molecule has 39 heavy (non-hydrogen) atoms. The molecule has 0 saturated carbocycles. The van der Waals surface area contributed by atoms with Crippen LogP contribution in [0.1, 0.15) is 25.0 Å². The van der Waals surface area contributed by atoms with E-state index in [1.54, 1.807) is 12.1 Å². The van der Waals surface area contributed by atoms with Crippen molar-refractivity contribution >= 4 is 10.1 Å². The van der Waals surface area contributed by atoms with Crippen molar-refractivity contribution in [2.75, 3.05) is 26.4 Å². The van der Waals surface area contributed by atoms with E-state index < -0.39 is 16.2 Å². The lowest BCUT2D eigenvalue weighted by Crippen LogP contribution is -2.28. The number of aryl methyl sites for hydroxylation is 2. The standard InChI is InChI=1S/C33H36O5S/c1-5-36-22-31(23-37-6-2)38-39(34,35)32-19-17-29(18-20-32)33-21-30(12-9-25(33)4)28-15-13-27(14-16-28)26-10-7-24(3)8-11-26/h7-21,31H,5-6,22-23H2,1-4H3. The fourth-order valence-corrected chi connectivity index (χ4v) is 5.40. The van der Waals surface area contributed by atoms with Crippen LogP contribution in [0.25, 0.3) is 33.4 Å². The van der Waals surface area contributed by atoms with Gasteiger partial charge in [0.15, 0.2) is 0 Å². The highest BCUT2D eigenvalue weighted by molar-refractivity contribution is 7.86. The van der Waals surface area contributed by atoms with Gasteiger partial charge in [-0.2, -0.15) is 8.42 Å². The Morgan fingerprint density at radius 3 is 1.62 bits per heavy atom. The molecule has 4 aromatic carbocycles. The summed E-state index contributed by atoms with van der Waals surface area (Å²) in [5.41, 5.74) is 8.92. The van der Waals surface area contributed by atoms with Gasteiger partial charge in [0.25, 0.3) is 10.1 Å². The molecule has 0 N–H and O–H groups in total. The van der Waals surface area contributed by atoms with Crippen molar-refractivity contribution in [3.8, 4) is 33.4 Å². The number of hydrogen-bond acceptors (Lipinski definition) is 5. The van der Waals surface area contributed by atoms with Gasteiger partial charge >= 0.3 is 0 Å². The Morgan fingerprint density at radius 2 is 1.08 bits per heavy atom. The van der Waals surface area contributed by atoms with Gasteiger partial charge in [-0.15, -0.1) is 0 Å². The van der Waals surface area contributed by atoms with Crippen LogP contribution in [0.15, 0.2) is 95.9 Å². The SMILES string of the molecule is CCOCC(COCC)OS(=O)(=O)c1ccc(-c2cc(-c3ccc(-c4ccc(C)cc4)cc3)ccc2C)cc1. The molecule has 0 amide bonds. The summed E-state index contributed by atoms with van der Waals surface area (Å²) in [4.78, 5) is 0.102. The Labute approximate surface area is 232 Å². The first kappa shape index (κ1) is 28.7. The van der Waals surface area contributed by atoms with Crippen LogP contribution in [0.3, 0.4) is 0 Å². The van der Waals surface area contributed by atoms with Gasteiger partial charge in [-0.05, 0) is 84.8 Å². The van der Waals surface area contributed by atoms with Crippen LogP contribution in [0.4, 0.5) is 0 Å². The predicted molar refractivity (Wildman–Crippen MR) is 157 cm³/mol. The highest BCUT2D eigenvalue weighted by Gasteiger charge is 2.22. The lowest BCUT2D eigenvalue weighted by Gasteiger charge is -2.17. The summed E-state index contributed by atoms with van der Waals surface area (Å²) >= 11 is 0. The minimum Gasteiger partial charge on any atom is -0.379 e. The van der Waals surface area contributed by atoms with Gasteiger partial charge < -0.3 is 9.47 Å². The molecule has 0 aliphatic rings.